The molecular formula is C25H38O. The number of aliphatic hydroxyl groups excluding tert-OH is 1. The minimum atomic E-state index is -0.463. The lowest BCUT2D eigenvalue weighted by Crippen LogP contribution is -2.46. The lowest BCUT2D eigenvalue weighted by Gasteiger charge is -2.56. The van der Waals surface area contributed by atoms with Crippen LogP contribution in [0.4, 0.5) is 0 Å². The topological polar surface area (TPSA) is 20.2 Å². The van der Waals surface area contributed by atoms with Crippen LogP contribution in [0.25, 0.3) is 0 Å². The Bertz CT molecular complexity index is 752. The normalized spacial score (nSPS) is 29.5. The van der Waals surface area contributed by atoms with Gasteiger partial charge in [-0.25, -0.2) is 0 Å². The number of allylic oxidation sites excluding steroid dienone is 1. The largest absolute Gasteiger partial charge is 0.384 e. The highest BCUT2D eigenvalue weighted by molar-refractivity contribution is 5.48. The molecule has 1 aromatic carbocycles. The second kappa shape index (κ2) is 6.51. The highest BCUT2D eigenvalue weighted by atomic mass is 16.3. The van der Waals surface area contributed by atoms with E-state index in [9.17, 15) is 5.11 Å². The molecule has 1 N–H and O–H groups in total. The number of hydrogen-bond acceptors (Lipinski definition) is 1. The van der Waals surface area contributed by atoms with Gasteiger partial charge in [0, 0.05) is 0 Å². The molecule has 1 nitrogen and oxygen atoms in total. The molecule has 0 heterocycles. The minimum absolute atomic E-state index is 0.128. The fourth-order valence-corrected chi connectivity index (χ4v) is 6.37. The third kappa shape index (κ3) is 2.87. The Morgan fingerprint density at radius 2 is 1.62 bits per heavy atom. The van der Waals surface area contributed by atoms with Gasteiger partial charge in [0.15, 0.2) is 0 Å². The van der Waals surface area contributed by atoms with Crippen LogP contribution >= 0.6 is 0 Å². The van der Waals surface area contributed by atoms with E-state index in [1.807, 2.05) is 0 Å². The zero-order valence-electron chi connectivity index (χ0n) is 18.2. The van der Waals surface area contributed by atoms with Crippen molar-refractivity contribution >= 4 is 0 Å². The van der Waals surface area contributed by atoms with E-state index in [1.165, 1.54) is 59.1 Å². The van der Waals surface area contributed by atoms with Crippen LogP contribution in [-0.4, -0.2) is 5.11 Å². The quantitative estimate of drug-likeness (QED) is 0.573. The maximum atomic E-state index is 11.7. The second-order valence-corrected chi connectivity index (χ2v) is 10.1. The van der Waals surface area contributed by atoms with E-state index in [0.29, 0.717) is 11.3 Å². The van der Waals surface area contributed by atoms with E-state index in [0.717, 1.165) is 12.0 Å². The van der Waals surface area contributed by atoms with Gasteiger partial charge in [0.05, 0.1) is 0 Å². The molecular weight excluding hydrogens is 316 g/mol. The number of benzene rings is 1. The summed E-state index contributed by atoms with van der Waals surface area (Å²) in [7, 11) is 0. The molecule has 144 valence electrons. The average molecular weight is 355 g/mol. The Morgan fingerprint density at radius 3 is 2.27 bits per heavy atom. The number of rotatable bonds is 2. The van der Waals surface area contributed by atoms with Gasteiger partial charge in [-0.15, -0.1) is 0 Å². The zero-order chi connectivity index (χ0) is 19.4. The molecule has 0 amide bonds. The first kappa shape index (κ1) is 19.7. The molecule has 0 spiro atoms. The number of hydrogen-bond donors (Lipinski definition) is 1. The molecule has 0 aromatic heterocycles. The lowest BCUT2D eigenvalue weighted by atomic mass is 9.49. The van der Waals surface area contributed by atoms with Crippen molar-refractivity contribution in [1.29, 1.82) is 0 Å². The van der Waals surface area contributed by atoms with Crippen molar-refractivity contribution in [2.24, 2.45) is 16.7 Å². The molecule has 1 fully saturated rings. The second-order valence-electron chi connectivity index (χ2n) is 10.1. The molecule has 3 rings (SSSR count). The average Bonchev–Trinajstić information content (AvgIpc) is 2.54. The predicted molar refractivity (Wildman–Crippen MR) is 112 cm³/mol. The first-order valence-corrected chi connectivity index (χ1v) is 10.5. The standard InChI is InChI=1S/C25H38O/c1-15-10-11-21-24(6,7)12-9-13-25(21,8)22(15)23(26)20-14-16(2)17(3)18(4)19(20)5/h14,21,23,26H,9-13H2,1-8H3/t21-,23?,25-/m0/s1. The third-order valence-electron chi connectivity index (χ3n) is 8.20. The Hall–Kier alpha value is -1.08. The fraction of sp³-hybridized carbons (Fsp3) is 0.680. The van der Waals surface area contributed by atoms with Crippen molar-refractivity contribution in [3.8, 4) is 0 Å². The molecule has 0 bridgehead atoms. The zero-order valence-corrected chi connectivity index (χ0v) is 18.2. The molecule has 1 unspecified atom stereocenters. The Balaban J connectivity index is 2.13. The number of aliphatic hydroxyl groups is 1. The number of fused-ring (bicyclic) bond motifs is 1. The van der Waals surface area contributed by atoms with Gasteiger partial charge in [-0.05, 0) is 110 Å². The summed E-state index contributed by atoms with van der Waals surface area (Å²) in [6.07, 6.45) is 5.75. The van der Waals surface area contributed by atoms with Gasteiger partial charge in [-0.1, -0.05) is 38.8 Å². The van der Waals surface area contributed by atoms with Crippen LogP contribution in [0.1, 0.15) is 93.7 Å². The van der Waals surface area contributed by atoms with Gasteiger partial charge in [-0.3, -0.25) is 0 Å². The van der Waals surface area contributed by atoms with Gasteiger partial charge in [0.1, 0.15) is 6.10 Å². The van der Waals surface area contributed by atoms with Crippen molar-refractivity contribution in [3.05, 3.63) is 45.0 Å². The van der Waals surface area contributed by atoms with Crippen LogP contribution in [0.3, 0.4) is 0 Å². The molecule has 2 aliphatic rings. The lowest BCUT2D eigenvalue weighted by molar-refractivity contribution is -0.00438. The summed E-state index contributed by atoms with van der Waals surface area (Å²) in [4.78, 5) is 0. The van der Waals surface area contributed by atoms with Crippen molar-refractivity contribution in [2.75, 3.05) is 0 Å². The van der Waals surface area contributed by atoms with Crippen LogP contribution in [-0.2, 0) is 0 Å². The van der Waals surface area contributed by atoms with Gasteiger partial charge in [0.25, 0.3) is 0 Å². The molecule has 1 saturated carbocycles. The van der Waals surface area contributed by atoms with E-state index >= 15 is 0 Å². The maximum Gasteiger partial charge on any atom is 0.101 e. The summed E-state index contributed by atoms with van der Waals surface area (Å²) >= 11 is 0. The Labute approximate surface area is 160 Å². The van der Waals surface area contributed by atoms with Gasteiger partial charge in [-0.2, -0.15) is 0 Å². The highest BCUT2D eigenvalue weighted by Crippen LogP contribution is 2.61. The minimum Gasteiger partial charge on any atom is -0.384 e. The summed E-state index contributed by atoms with van der Waals surface area (Å²) in [5, 5.41) is 11.7. The van der Waals surface area contributed by atoms with E-state index in [4.69, 9.17) is 0 Å². The van der Waals surface area contributed by atoms with Crippen LogP contribution in [0.5, 0.6) is 0 Å². The first-order chi connectivity index (χ1) is 12.0. The van der Waals surface area contributed by atoms with E-state index in [2.05, 4.69) is 61.5 Å². The van der Waals surface area contributed by atoms with Crippen molar-refractivity contribution in [2.45, 2.75) is 93.6 Å². The van der Waals surface area contributed by atoms with Crippen LogP contribution < -0.4 is 0 Å². The summed E-state index contributed by atoms with van der Waals surface area (Å²) in [6.45, 7) is 18.4. The monoisotopic (exact) mass is 354 g/mol. The third-order valence-corrected chi connectivity index (χ3v) is 8.20. The van der Waals surface area contributed by atoms with Gasteiger partial charge >= 0.3 is 0 Å². The van der Waals surface area contributed by atoms with Crippen LogP contribution in [0.2, 0.25) is 0 Å². The summed E-state index contributed by atoms with van der Waals surface area (Å²) in [5.74, 6) is 0.671. The molecule has 1 heteroatoms. The SMILES string of the molecule is CC1=C(C(O)c2cc(C)c(C)c(C)c2C)[C@@]2(C)CCCC(C)(C)[C@@H]2CC1. The maximum absolute atomic E-state index is 11.7. The summed E-state index contributed by atoms with van der Waals surface area (Å²) in [5.41, 5.74) is 9.65. The smallest absolute Gasteiger partial charge is 0.101 e. The van der Waals surface area contributed by atoms with Crippen molar-refractivity contribution in [3.63, 3.8) is 0 Å². The predicted octanol–water partition coefficient (Wildman–Crippen LogP) is 6.90. The van der Waals surface area contributed by atoms with E-state index < -0.39 is 6.10 Å². The molecule has 1 aromatic rings. The van der Waals surface area contributed by atoms with E-state index in [-0.39, 0.29) is 5.41 Å². The fourth-order valence-electron chi connectivity index (χ4n) is 6.37. The van der Waals surface area contributed by atoms with Crippen molar-refractivity contribution < 1.29 is 5.11 Å². The van der Waals surface area contributed by atoms with Crippen LogP contribution in [0.15, 0.2) is 17.2 Å². The molecule has 0 saturated heterocycles. The summed E-state index contributed by atoms with van der Waals surface area (Å²) < 4.78 is 0. The first-order valence-electron chi connectivity index (χ1n) is 10.5. The van der Waals surface area contributed by atoms with Gasteiger partial charge in [0.2, 0.25) is 0 Å². The van der Waals surface area contributed by atoms with E-state index in [1.54, 1.807) is 0 Å². The van der Waals surface area contributed by atoms with Crippen molar-refractivity contribution in [1.82, 2.24) is 0 Å². The molecule has 0 radical (unpaired) electrons. The highest BCUT2D eigenvalue weighted by Gasteiger charge is 2.51. The molecule has 2 aliphatic carbocycles. The van der Waals surface area contributed by atoms with Crippen LogP contribution in [0, 0.1) is 44.4 Å². The molecule has 3 atom stereocenters. The summed E-state index contributed by atoms with van der Waals surface area (Å²) in [6, 6.07) is 2.24. The van der Waals surface area contributed by atoms with Gasteiger partial charge < -0.3 is 5.11 Å². The Kier molecular flexibility index (Phi) is 4.93. The number of aryl methyl sites for hydroxylation is 1. The molecule has 26 heavy (non-hydrogen) atoms. The Morgan fingerprint density at radius 1 is 0.962 bits per heavy atom. The molecule has 0 aliphatic heterocycles.